The highest BCUT2D eigenvalue weighted by atomic mass is 16.1. The number of ketones is 1. The second kappa shape index (κ2) is 7.32. The van der Waals surface area contributed by atoms with Crippen LogP contribution in [0.2, 0.25) is 0 Å². The van der Waals surface area contributed by atoms with Crippen LogP contribution in [0.4, 0.5) is 5.82 Å². The average molecular weight is 349 g/mol. The van der Waals surface area contributed by atoms with Gasteiger partial charge < -0.3 is 5.32 Å². The molecular weight excluding hydrogens is 322 g/mol. The lowest BCUT2D eigenvalue weighted by atomic mass is 10.0. The van der Waals surface area contributed by atoms with E-state index in [1.54, 1.807) is 6.92 Å². The molecule has 0 aliphatic carbocycles. The third kappa shape index (κ3) is 4.51. The number of fused-ring (bicyclic) bond motifs is 1. The number of pyridine rings is 1. The predicted octanol–water partition coefficient (Wildman–Crippen LogP) is 4.46. The van der Waals surface area contributed by atoms with Gasteiger partial charge in [0, 0.05) is 18.2 Å². The van der Waals surface area contributed by atoms with Gasteiger partial charge in [-0.05, 0) is 63.8 Å². The van der Waals surface area contributed by atoms with Gasteiger partial charge in [-0.25, -0.2) is 4.98 Å². The number of carbonyl (C=O) groups is 1. The minimum absolute atomic E-state index is 0.0328. The number of rotatable bonds is 6. The second-order valence-electron chi connectivity index (χ2n) is 7.91. The summed E-state index contributed by atoms with van der Waals surface area (Å²) < 4.78 is 2.12. The Labute approximate surface area is 155 Å². The predicted molar refractivity (Wildman–Crippen MR) is 107 cm³/mol. The van der Waals surface area contributed by atoms with Crippen LogP contribution in [0.15, 0.2) is 48.7 Å². The van der Waals surface area contributed by atoms with Crippen molar-refractivity contribution in [2.24, 2.45) is 0 Å². The largest absolute Gasteiger partial charge is 0.365 e. The Morgan fingerprint density at radius 2 is 1.73 bits per heavy atom. The molecule has 0 spiro atoms. The van der Waals surface area contributed by atoms with Gasteiger partial charge in [0.1, 0.15) is 17.2 Å². The number of hydrogen-bond donors (Lipinski definition) is 1. The van der Waals surface area contributed by atoms with Gasteiger partial charge >= 0.3 is 0 Å². The molecule has 2 heterocycles. The third-order valence-electron chi connectivity index (χ3n) is 4.22. The molecule has 0 saturated carbocycles. The number of carbonyl (C=O) groups excluding carboxylic acids is 1. The molecule has 3 aromatic rings. The number of imidazole rings is 1. The number of benzene rings is 1. The molecule has 1 N–H and O–H groups in total. The zero-order valence-electron chi connectivity index (χ0n) is 16.0. The standard InChI is InChI=1S/C22H27N3O/c1-16(26)15-18-10-8-17(9-11-18)12-13-19-21(24-22(2,3)4)25-14-6-5-7-20(25)23-19/h5-11,14,24H,12-13,15H2,1-4H3. The maximum Gasteiger partial charge on any atom is 0.138 e. The van der Waals surface area contributed by atoms with E-state index in [1.807, 2.05) is 18.2 Å². The highest BCUT2D eigenvalue weighted by Crippen LogP contribution is 2.23. The van der Waals surface area contributed by atoms with Crippen molar-refractivity contribution >= 4 is 17.2 Å². The zero-order chi connectivity index (χ0) is 18.7. The van der Waals surface area contributed by atoms with Crippen LogP contribution in [0.25, 0.3) is 5.65 Å². The Kier molecular flexibility index (Phi) is 5.12. The fourth-order valence-corrected chi connectivity index (χ4v) is 3.08. The molecule has 0 unspecified atom stereocenters. The topological polar surface area (TPSA) is 46.4 Å². The highest BCUT2D eigenvalue weighted by Gasteiger charge is 2.17. The number of anilines is 1. The van der Waals surface area contributed by atoms with Crippen molar-refractivity contribution in [1.82, 2.24) is 9.38 Å². The number of aromatic nitrogens is 2. The van der Waals surface area contributed by atoms with Crippen molar-refractivity contribution in [3.05, 3.63) is 65.5 Å². The minimum Gasteiger partial charge on any atom is -0.365 e. The quantitative estimate of drug-likeness (QED) is 0.714. The van der Waals surface area contributed by atoms with E-state index in [9.17, 15) is 4.79 Å². The molecule has 3 rings (SSSR count). The van der Waals surface area contributed by atoms with E-state index in [-0.39, 0.29) is 11.3 Å². The first-order valence-corrected chi connectivity index (χ1v) is 9.13. The van der Waals surface area contributed by atoms with Crippen LogP contribution in [0.5, 0.6) is 0 Å². The summed E-state index contributed by atoms with van der Waals surface area (Å²) in [5, 5.41) is 3.60. The van der Waals surface area contributed by atoms with Crippen LogP contribution in [0.3, 0.4) is 0 Å². The van der Waals surface area contributed by atoms with Gasteiger partial charge in [0.2, 0.25) is 0 Å². The SMILES string of the molecule is CC(=O)Cc1ccc(CCc2nc3ccccn3c2NC(C)(C)C)cc1. The van der Waals surface area contributed by atoms with Gasteiger partial charge in [-0.1, -0.05) is 30.3 Å². The number of Topliss-reactive ketones (excluding diaryl/α,β-unsaturated/α-hetero) is 1. The normalized spacial score (nSPS) is 11.7. The maximum absolute atomic E-state index is 11.2. The number of aryl methyl sites for hydroxylation is 2. The smallest absolute Gasteiger partial charge is 0.138 e. The van der Waals surface area contributed by atoms with Crippen LogP contribution >= 0.6 is 0 Å². The lowest BCUT2D eigenvalue weighted by Crippen LogP contribution is -2.27. The minimum atomic E-state index is -0.0328. The molecule has 0 amide bonds. The van der Waals surface area contributed by atoms with E-state index < -0.39 is 0 Å². The van der Waals surface area contributed by atoms with Crippen LogP contribution in [0, 0.1) is 0 Å². The molecule has 4 nitrogen and oxygen atoms in total. The fraction of sp³-hybridized carbons (Fsp3) is 0.364. The molecular formula is C22H27N3O. The molecule has 2 aromatic heterocycles. The molecule has 4 heteroatoms. The summed E-state index contributed by atoms with van der Waals surface area (Å²) in [6, 6.07) is 14.4. The first-order valence-electron chi connectivity index (χ1n) is 9.13. The van der Waals surface area contributed by atoms with Crippen molar-refractivity contribution in [2.45, 2.75) is 52.5 Å². The third-order valence-corrected chi connectivity index (χ3v) is 4.22. The summed E-state index contributed by atoms with van der Waals surface area (Å²) in [5.41, 5.74) is 4.35. The molecule has 0 aliphatic rings. The van der Waals surface area contributed by atoms with E-state index in [4.69, 9.17) is 4.98 Å². The van der Waals surface area contributed by atoms with Gasteiger partial charge in [0.05, 0.1) is 5.69 Å². The van der Waals surface area contributed by atoms with Crippen LogP contribution in [-0.4, -0.2) is 20.7 Å². The van der Waals surface area contributed by atoms with Crippen molar-refractivity contribution in [2.75, 3.05) is 5.32 Å². The Morgan fingerprint density at radius 3 is 2.38 bits per heavy atom. The van der Waals surface area contributed by atoms with Gasteiger partial charge in [-0.3, -0.25) is 9.20 Å². The van der Waals surface area contributed by atoms with Crippen LogP contribution in [-0.2, 0) is 24.1 Å². The first kappa shape index (κ1) is 18.2. The Morgan fingerprint density at radius 1 is 1.04 bits per heavy atom. The summed E-state index contributed by atoms with van der Waals surface area (Å²) in [6.07, 6.45) is 4.35. The highest BCUT2D eigenvalue weighted by molar-refractivity contribution is 5.78. The molecule has 0 saturated heterocycles. The van der Waals surface area contributed by atoms with Crippen molar-refractivity contribution in [1.29, 1.82) is 0 Å². The van der Waals surface area contributed by atoms with E-state index in [0.29, 0.717) is 6.42 Å². The zero-order valence-corrected chi connectivity index (χ0v) is 16.0. The molecule has 0 fully saturated rings. The molecule has 1 aromatic carbocycles. The first-order chi connectivity index (χ1) is 12.3. The molecule has 26 heavy (non-hydrogen) atoms. The molecule has 136 valence electrons. The molecule has 0 bridgehead atoms. The van der Waals surface area contributed by atoms with E-state index >= 15 is 0 Å². The summed E-state index contributed by atoms with van der Waals surface area (Å²) >= 11 is 0. The maximum atomic E-state index is 11.2. The van der Waals surface area contributed by atoms with Crippen LogP contribution < -0.4 is 5.32 Å². The lowest BCUT2D eigenvalue weighted by Gasteiger charge is -2.22. The van der Waals surface area contributed by atoms with E-state index in [1.165, 1.54) is 5.56 Å². The Bertz CT molecular complexity index is 901. The summed E-state index contributed by atoms with van der Waals surface area (Å²) in [4.78, 5) is 16.1. The number of nitrogens with zero attached hydrogens (tertiary/aromatic N) is 2. The van der Waals surface area contributed by atoms with Gasteiger partial charge in [0.15, 0.2) is 0 Å². The van der Waals surface area contributed by atoms with Gasteiger partial charge in [-0.2, -0.15) is 0 Å². The van der Waals surface area contributed by atoms with Crippen LogP contribution in [0.1, 0.15) is 44.5 Å². The lowest BCUT2D eigenvalue weighted by molar-refractivity contribution is -0.116. The average Bonchev–Trinajstić information content (AvgIpc) is 2.90. The Balaban J connectivity index is 1.80. The van der Waals surface area contributed by atoms with E-state index in [0.717, 1.165) is 35.6 Å². The monoisotopic (exact) mass is 349 g/mol. The summed E-state index contributed by atoms with van der Waals surface area (Å²) in [7, 11) is 0. The van der Waals surface area contributed by atoms with Gasteiger partial charge in [-0.15, -0.1) is 0 Å². The molecule has 0 atom stereocenters. The van der Waals surface area contributed by atoms with Gasteiger partial charge in [0.25, 0.3) is 0 Å². The summed E-state index contributed by atoms with van der Waals surface area (Å²) in [6.45, 7) is 8.10. The van der Waals surface area contributed by atoms with Crippen molar-refractivity contribution < 1.29 is 4.79 Å². The van der Waals surface area contributed by atoms with Crippen molar-refractivity contribution in [3.8, 4) is 0 Å². The number of hydrogen-bond acceptors (Lipinski definition) is 3. The molecule has 0 radical (unpaired) electrons. The second-order valence-corrected chi connectivity index (χ2v) is 7.91. The van der Waals surface area contributed by atoms with Crippen molar-refractivity contribution in [3.63, 3.8) is 0 Å². The van der Waals surface area contributed by atoms with E-state index in [2.05, 4.69) is 61.0 Å². The fourth-order valence-electron chi connectivity index (χ4n) is 3.08. The molecule has 0 aliphatic heterocycles. The Hall–Kier alpha value is -2.62. The number of nitrogens with one attached hydrogen (secondary N) is 1. The summed E-state index contributed by atoms with van der Waals surface area (Å²) in [5.74, 6) is 1.27.